The molecule has 1 aliphatic carbocycles. The molecule has 0 N–H and O–H groups in total. The van der Waals surface area contributed by atoms with Crippen molar-refractivity contribution in [2.24, 2.45) is 5.92 Å². The summed E-state index contributed by atoms with van der Waals surface area (Å²) < 4.78 is 1.99. The van der Waals surface area contributed by atoms with Gasteiger partial charge in [-0.1, -0.05) is 32.1 Å². The van der Waals surface area contributed by atoms with Crippen LogP contribution in [0.1, 0.15) is 73.8 Å². The molecule has 3 aliphatic rings. The summed E-state index contributed by atoms with van der Waals surface area (Å²) >= 11 is 0. The zero-order chi connectivity index (χ0) is 18.6. The van der Waals surface area contributed by atoms with Gasteiger partial charge in [0.15, 0.2) is 0 Å². The van der Waals surface area contributed by atoms with E-state index < -0.39 is 0 Å². The molecule has 0 bridgehead atoms. The maximum Gasteiger partial charge on any atom is 0.257 e. The van der Waals surface area contributed by atoms with Crippen LogP contribution in [-0.2, 0) is 17.8 Å². The lowest BCUT2D eigenvalue weighted by molar-refractivity contribution is -0.133. The Morgan fingerprint density at radius 3 is 2.44 bits per heavy atom. The highest BCUT2D eigenvalue weighted by atomic mass is 16.2. The standard InChI is InChI=1S/C21H32N4O2/c26-20(10-9-17-6-2-1-3-7-17)23-12-14-24(15-13-23)21(27)18-16-22-25-11-5-4-8-19(18)25/h16-17H,1-15H2. The summed E-state index contributed by atoms with van der Waals surface area (Å²) in [4.78, 5) is 29.3. The van der Waals surface area contributed by atoms with Crippen LogP contribution in [0.2, 0.25) is 0 Å². The normalized spacial score (nSPS) is 21.2. The molecule has 4 rings (SSSR count). The van der Waals surface area contributed by atoms with E-state index in [9.17, 15) is 9.59 Å². The molecule has 1 aromatic heterocycles. The molecule has 0 atom stereocenters. The van der Waals surface area contributed by atoms with Crippen molar-refractivity contribution in [2.45, 2.75) is 70.8 Å². The second-order valence-electron chi connectivity index (χ2n) is 8.40. The lowest BCUT2D eigenvalue weighted by Gasteiger charge is -2.35. The van der Waals surface area contributed by atoms with Gasteiger partial charge >= 0.3 is 0 Å². The fourth-order valence-corrected chi connectivity index (χ4v) is 4.89. The van der Waals surface area contributed by atoms with Gasteiger partial charge in [0, 0.05) is 39.1 Å². The van der Waals surface area contributed by atoms with Crippen LogP contribution in [-0.4, -0.2) is 57.6 Å². The van der Waals surface area contributed by atoms with Crippen LogP contribution in [0.25, 0.3) is 0 Å². The van der Waals surface area contributed by atoms with Crippen molar-refractivity contribution in [2.75, 3.05) is 26.2 Å². The van der Waals surface area contributed by atoms with Crippen molar-refractivity contribution < 1.29 is 9.59 Å². The molecule has 27 heavy (non-hydrogen) atoms. The average Bonchev–Trinajstić information content (AvgIpc) is 3.16. The molecular weight excluding hydrogens is 340 g/mol. The van der Waals surface area contributed by atoms with Gasteiger partial charge < -0.3 is 9.80 Å². The predicted molar refractivity (Wildman–Crippen MR) is 103 cm³/mol. The number of amides is 2. The van der Waals surface area contributed by atoms with E-state index in [0.29, 0.717) is 32.6 Å². The molecule has 3 heterocycles. The number of aromatic nitrogens is 2. The van der Waals surface area contributed by atoms with Crippen LogP contribution in [0.3, 0.4) is 0 Å². The number of carbonyl (C=O) groups excluding carboxylic acids is 2. The van der Waals surface area contributed by atoms with Crippen molar-refractivity contribution in [3.05, 3.63) is 17.5 Å². The molecular formula is C21H32N4O2. The van der Waals surface area contributed by atoms with Gasteiger partial charge in [-0.3, -0.25) is 14.3 Å². The third kappa shape index (κ3) is 4.19. The quantitative estimate of drug-likeness (QED) is 0.817. The summed E-state index contributed by atoms with van der Waals surface area (Å²) in [7, 11) is 0. The number of rotatable bonds is 4. The van der Waals surface area contributed by atoms with E-state index in [0.717, 1.165) is 49.4 Å². The van der Waals surface area contributed by atoms with E-state index in [1.54, 1.807) is 6.20 Å². The number of hydrogen-bond acceptors (Lipinski definition) is 3. The summed E-state index contributed by atoms with van der Waals surface area (Å²) in [6, 6.07) is 0. The summed E-state index contributed by atoms with van der Waals surface area (Å²) in [6.07, 6.45) is 13.3. The van der Waals surface area contributed by atoms with Crippen molar-refractivity contribution in [3.63, 3.8) is 0 Å². The van der Waals surface area contributed by atoms with Gasteiger partial charge in [0.05, 0.1) is 17.5 Å². The molecule has 2 aliphatic heterocycles. The van der Waals surface area contributed by atoms with Crippen LogP contribution in [0.5, 0.6) is 0 Å². The Kier molecular flexibility index (Phi) is 5.79. The Balaban J connectivity index is 1.26. The Hall–Kier alpha value is -1.85. The van der Waals surface area contributed by atoms with Gasteiger partial charge in [-0.25, -0.2) is 0 Å². The molecule has 1 saturated carbocycles. The molecule has 2 fully saturated rings. The number of carbonyl (C=O) groups is 2. The Morgan fingerprint density at radius 2 is 1.67 bits per heavy atom. The molecule has 0 radical (unpaired) electrons. The predicted octanol–water partition coefficient (Wildman–Crippen LogP) is 2.86. The minimum absolute atomic E-state index is 0.0902. The highest BCUT2D eigenvalue weighted by Crippen LogP contribution is 2.27. The second-order valence-corrected chi connectivity index (χ2v) is 8.40. The maximum atomic E-state index is 12.9. The largest absolute Gasteiger partial charge is 0.339 e. The van der Waals surface area contributed by atoms with Crippen LogP contribution in [0.4, 0.5) is 0 Å². The van der Waals surface area contributed by atoms with E-state index in [1.807, 2.05) is 14.5 Å². The average molecular weight is 373 g/mol. The molecule has 2 amide bonds. The van der Waals surface area contributed by atoms with Gasteiger partial charge in [0.2, 0.25) is 5.91 Å². The minimum Gasteiger partial charge on any atom is -0.339 e. The summed E-state index contributed by atoms with van der Waals surface area (Å²) in [6.45, 7) is 3.53. The van der Waals surface area contributed by atoms with E-state index >= 15 is 0 Å². The Labute approximate surface area is 161 Å². The topological polar surface area (TPSA) is 58.4 Å². The molecule has 148 valence electrons. The smallest absolute Gasteiger partial charge is 0.257 e. The van der Waals surface area contributed by atoms with E-state index in [2.05, 4.69) is 5.10 Å². The molecule has 1 saturated heterocycles. The number of hydrogen-bond donors (Lipinski definition) is 0. The van der Waals surface area contributed by atoms with Crippen molar-refractivity contribution in [1.82, 2.24) is 19.6 Å². The zero-order valence-electron chi connectivity index (χ0n) is 16.4. The maximum absolute atomic E-state index is 12.9. The van der Waals surface area contributed by atoms with Crippen molar-refractivity contribution in [3.8, 4) is 0 Å². The lowest BCUT2D eigenvalue weighted by Crippen LogP contribution is -2.50. The van der Waals surface area contributed by atoms with E-state index in [1.165, 1.54) is 32.1 Å². The molecule has 0 aromatic carbocycles. The number of fused-ring (bicyclic) bond motifs is 1. The third-order valence-electron chi connectivity index (χ3n) is 6.62. The van der Waals surface area contributed by atoms with E-state index in [4.69, 9.17) is 0 Å². The van der Waals surface area contributed by atoms with Crippen LogP contribution < -0.4 is 0 Å². The van der Waals surface area contributed by atoms with Gasteiger partial charge in [0.1, 0.15) is 0 Å². The molecule has 0 spiro atoms. The summed E-state index contributed by atoms with van der Waals surface area (Å²) in [5, 5.41) is 4.39. The van der Waals surface area contributed by atoms with E-state index in [-0.39, 0.29) is 11.8 Å². The van der Waals surface area contributed by atoms with Crippen LogP contribution in [0, 0.1) is 5.92 Å². The van der Waals surface area contributed by atoms with Gasteiger partial charge in [-0.15, -0.1) is 0 Å². The first-order valence-electron chi connectivity index (χ1n) is 10.8. The number of nitrogens with zero attached hydrogens (tertiary/aromatic N) is 4. The minimum atomic E-state index is 0.0902. The molecule has 1 aromatic rings. The highest BCUT2D eigenvalue weighted by molar-refractivity contribution is 5.95. The van der Waals surface area contributed by atoms with Gasteiger partial charge in [-0.05, 0) is 31.6 Å². The monoisotopic (exact) mass is 372 g/mol. The first-order valence-corrected chi connectivity index (χ1v) is 10.8. The first-order chi connectivity index (χ1) is 13.2. The Bertz CT molecular complexity index is 670. The third-order valence-corrected chi connectivity index (χ3v) is 6.62. The van der Waals surface area contributed by atoms with Gasteiger partial charge in [0.25, 0.3) is 5.91 Å². The van der Waals surface area contributed by atoms with Gasteiger partial charge in [-0.2, -0.15) is 5.10 Å². The summed E-state index contributed by atoms with van der Waals surface area (Å²) in [5.41, 5.74) is 1.86. The molecule has 0 unspecified atom stereocenters. The summed E-state index contributed by atoms with van der Waals surface area (Å²) in [5.74, 6) is 1.11. The van der Waals surface area contributed by atoms with Crippen molar-refractivity contribution >= 4 is 11.8 Å². The number of piperazine rings is 1. The SMILES string of the molecule is O=C(CCC1CCCCC1)N1CCN(C(=O)c2cnn3c2CCCC3)CC1. The fourth-order valence-electron chi connectivity index (χ4n) is 4.89. The molecule has 6 heteroatoms. The molecule has 6 nitrogen and oxygen atoms in total. The second kappa shape index (κ2) is 8.44. The zero-order valence-corrected chi connectivity index (χ0v) is 16.4. The van der Waals surface area contributed by atoms with Crippen LogP contribution >= 0.6 is 0 Å². The lowest BCUT2D eigenvalue weighted by atomic mass is 9.86. The fraction of sp³-hybridized carbons (Fsp3) is 0.762. The highest BCUT2D eigenvalue weighted by Gasteiger charge is 2.28. The first kappa shape index (κ1) is 18.5. The Morgan fingerprint density at radius 1 is 0.926 bits per heavy atom. The van der Waals surface area contributed by atoms with Crippen LogP contribution in [0.15, 0.2) is 6.20 Å². The van der Waals surface area contributed by atoms with Crippen molar-refractivity contribution in [1.29, 1.82) is 0 Å². The number of aryl methyl sites for hydroxylation is 1.